The summed E-state index contributed by atoms with van der Waals surface area (Å²) >= 11 is 3.24. The van der Waals surface area contributed by atoms with Gasteiger partial charge in [0.1, 0.15) is 12.2 Å². The largest absolute Gasteiger partial charge is 0.480 e. The molecular weight excluding hydrogens is 312 g/mol. The van der Waals surface area contributed by atoms with Gasteiger partial charge in [0.25, 0.3) is 5.91 Å². The second-order valence-electron chi connectivity index (χ2n) is 3.85. The second-order valence-corrected chi connectivity index (χ2v) is 4.77. The quantitative estimate of drug-likeness (QED) is 0.908. The number of rotatable bonds is 4. The van der Waals surface area contributed by atoms with Crippen molar-refractivity contribution in [3.8, 4) is 0 Å². The van der Waals surface area contributed by atoms with Crippen LogP contribution in [0, 0.1) is 0 Å². The fraction of sp³-hybridized carbons (Fsp3) is 0.0769. The highest BCUT2D eigenvalue weighted by Crippen LogP contribution is 2.18. The number of nitrogens with zero attached hydrogens (tertiary/aromatic N) is 1. The van der Waals surface area contributed by atoms with Crippen LogP contribution in [0.2, 0.25) is 0 Å². The minimum Gasteiger partial charge on any atom is -0.480 e. The van der Waals surface area contributed by atoms with Gasteiger partial charge >= 0.3 is 5.97 Å². The van der Waals surface area contributed by atoms with Gasteiger partial charge in [0.05, 0.1) is 0 Å². The topological polar surface area (TPSA) is 73.4 Å². The normalized spacial score (nSPS) is 10.2. The number of hydrogen-bond acceptors (Lipinski definition) is 2. The number of aliphatic carboxylic acids is 1. The second kappa shape index (κ2) is 5.71. The van der Waals surface area contributed by atoms with Gasteiger partial charge in [-0.25, -0.2) is 0 Å². The maximum atomic E-state index is 12.3. The summed E-state index contributed by atoms with van der Waals surface area (Å²) in [4.78, 5) is 27.2. The average Bonchev–Trinajstić information content (AvgIpc) is 2.83. The minimum absolute atomic E-state index is 0.331. The number of carboxylic acids is 1. The van der Waals surface area contributed by atoms with E-state index < -0.39 is 5.97 Å². The summed E-state index contributed by atoms with van der Waals surface area (Å²) in [6, 6.07) is 10.3. The number of carbonyl (C=O) groups is 2. The van der Waals surface area contributed by atoms with Gasteiger partial charge < -0.3 is 10.1 Å². The van der Waals surface area contributed by atoms with E-state index in [0.717, 1.165) is 4.47 Å². The van der Waals surface area contributed by atoms with Crippen molar-refractivity contribution in [2.75, 3.05) is 11.4 Å². The molecule has 1 amide bonds. The fourth-order valence-corrected chi connectivity index (χ4v) is 2.00. The predicted molar refractivity (Wildman–Crippen MR) is 74.2 cm³/mol. The number of aromatic amines is 1. The Labute approximate surface area is 118 Å². The zero-order valence-electron chi connectivity index (χ0n) is 9.84. The molecule has 6 heteroatoms. The lowest BCUT2D eigenvalue weighted by atomic mass is 10.2. The molecule has 2 rings (SSSR count). The first-order valence-electron chi connectivity index (χ1n) is 5.50. The van der Waals surface area contributed by atoms with Crippen LogP contribution in [0.15, 0.2) is 47.1 Å². The summed E-state index contributed by atoms with van der Waals surface area (Å²) in [5.74, 6) is -1.46. The first-order chi connectivity index (χ1) is 9.08. The molecule has 0 saturated carbocycles. The smallest absolute Gasteiger partial charge is 0.323 e. The number of benzene rings is 1. The van der Waals surface area contributed by atoms with Gasteiger partial charge in [-0.2, -0.15) is 0 Å². The molecular formula is C13H11BrN2O3. The highest BCUT2D eigenvalue weighted by atomic mass is 79.9. The number of H-pyrrole nitrogens is 1. The van der Waals surface area contributed by atoms with E-state index in [-0.39, 0.29) is 12.5 Å². The molecule has 0 bridgehead atoms. The van der Waals surface area contributed by atoms with Crippen LogP contribution in [-0.2, 0) is 4.79 Å². The summed E-state index contributed by atoms with van der Waals surface area (Å²) in [5, 5.41) is 8.93. The van der Waals surface area contributed by atoms with Crippen molar-refractivity contribution in [1.82, 2.24) is 4.98 Å². The van der Waals surface area contributed by atoms with E-state index in [1.807, 2.05) is 0 Å². The first kappa shape index (κ1) is 13.4. The Kier molecular flexibility index (Phi) is 4.01. The van der Waals surface area contributed by atoms with E-state index in [9.17, 15) is 9.59 Å². The Morgan fingerprint density at radius 1 is 1.26 bits per heavy atom. The average molecular weight is 323 g/mol. The van der Waals surface area contributed by atoms with Crippen molar-refractivity contribution in [2.45, 2.75) is 0 Å². The lowest BCUT2D eigenvalue weighted by Gasteiger charge is -2.20. The molecule has 0 aliphatic heterocycles. The molecule has 0 unspecified atom stereocenters. The number of hydrogen-bond donors (Lipinski definition) is 2. The van der Waals surface area contributed by atoms with Crippen LogP contribution in [0.4, 0.5) is 5.69 Å². The van der Waals surface area contributed by atoms with Gasteiger partial charge in [-0.3, -0.25) is 14.5 Å². The Hall–Kier alpha value is -2.08. The van der Waals surface area contributed by atoms with Crippen molar-refractivity contribution in [3.05, 3.63) is 52.8 Å². The Morgan fingerprint density at radius 3 is 2.47 bits per heavy atom. The van der Waals surface area contributed by atoms with Crippen LogP contribution >= 0.6 is 15.9 Å². The molecule has 0 aliphatic rings. The van der Waals surface area contributed by atoms with E-state index in [4.69, 9.17) is 5.11 Å². The molecule has 1 heterocycles. The minimum atomic E-state index is -1.07. The third-order valence-electron chi connectivity index (χ3n) is 2.48. The summed E-state index contributed by atoms with van der Waals surface area (Å²) in [5.41, 5.74) is 0.873. The van der Waals surface area contributed by atoms with Crippen molar-refractivity contribution in [3.63, 3.8) is 0 Å². The maximum Gasteiger partial charge on any atom is 0.323 e. The van der Waals surface area contributed by atoms with E-state index in [0.29, 0.717) is 11.4 Å². The number of anilines is 1. The molecule has 0 radical (unpaired) electrons. The third kappa shape index (κ3) is 3.23. The molecule has 0 aliphatic carbocycles. The first-order valence-corrected chi connectivity index (χ1v) is 6.30. The number of aromatic nitrogens is 1. The monoisotopic (exact) mass is 322 g/mol. The van der Waals surface area contributed by atoms with Crippen LogP contribution in [0.1, 0.15) is 10.5 Å². The fourth-order valence-electron chi connectivity index (χ4n) is 1.66. The summed E-state index contributed by atoms with van der Waals surface area (Å²) < 4.78 is 0.735. The van der Waals surface area contributed by atoms with Gasteiger partial charge in [-0.15, -0.1) is 0 Å². The van der Waals surface area contributed by atoms with Gasteiger partial charge in [0.2, 0.25) is 0 Å². The highest BCUT2D eigenvalue weighted by molar-refractivity contribution is 9.10. The number of carbonyl (C=O) groups excluding carboxylic acids is 1. The van der Waals surface area contributed by atoms with E-state index in [2.05, 4.69) is 20.9 Å². The molecule has 2 aromatic rings. The summed E-state index contributed by atoms with van der Waals surface area (Å²) in [7, 11) is 0. The van der Waals surface area contributed by atoms with Crippen LogP contribution in [0.5, 0.6) is 0 Å². The van der Waals surface area contributed by atoms with Crippen molar-refractivity contribution in [2.24, 2.45) is 0 Å². The van der Waals surface area contributed by atoms with Gasteiger partial charge in [0.15, 0.2) is 0 Å². The van der Waals surface area contributed by atoms with E-state index >= 15 is 0 Å². The molecule has 98 valence electrons. The van der Waals surface area contributed by atoms with Crippen molar-refractivity contribution >= 4 is 33.5 Å². The molecule has 1 aromatic carbocycles. The molecule has 0 atom stereocenters. The maximum absolute atomic E-state index is 12.3. The van der Waals surface area contributed by atoms with Gasteiger partial charge in [-0.05, 0) is 34.1 Å². The lowest BCUT2D eigenvalue weighted by Crippen LogP contribution is -2.35. The Bertz CT molecular complexity index is 595. The summed E-state index contributed by atoms with van der Waals surface area (Å²) in [6.45, 7) is -0.389. The van der Waals surface area contributed by atoms with E-state index in [1.165, 1.54) is 4.90 Å². The third-order valence-corrected chi connectivity index (χ3v) is 2.94. The standard InChI is InChI=1S/C13H11BrN2O3/c14-9-6-11(15-7-9)13(19)16(8-12(17)18)10-4-2-1-3-5-10/h1-7,15H,8H2,(H,17,18). The zero-order chi connectivity index (χ0) is 13.8. The predicted octanol–water partition coefficient (Wildman–Crippen LogP) is 2.51. The molecule has 0 spiro atoms. The number of amides is 1. The molecule has 19 heavy (non-hydrogen) atoms. The Morgan fingerprint density at radius 2 is 1.95 bits per heavy atom. The number of nitrogens with one attached hydrogen (secondary N) is 1. The molecule has 0 saturated heterocycles. The van der Waals surface area contributed by atoms with E-state index in [1.54, 1.807) is 42.6 Å². The van der Waals surface area contributed by atoms with Gasteiger partial charge in [-0.1, -0.05) is 18.2 Å². The SMILES string of the molecule is O=C(O)CN(C(=O)c1cc(Br)c[nH]1)c1ccccc1. The Balaban J connectivity index is 2.33. The lowest BCUT2D eigenvalue weighted by molar-refractivity contribution is -0.135. The number of carboxylic acid groups (broad SMARTS) is 1. The zero-order valence-corrected chi connectivity index (χ0v) is 11.4. The molecule has 5 nitrogen and oxygen atoms in total. The van der Waals surface area contributed by atoms with Gasteiger partial charge in [0, 0.05) is 16.4 Å². The van der Waals surface area contributed by atoms with Crippen molar-refractivity contribution in [1.29, 1.82) is 0 Å². The number of para-hydroxylation sites is 1. The van der Waals surface area contributed by atoms with Crippen LogP contribution in [0.3, 0.4) is 0 Å². The molecule has 1 aromatic heterocycles. The van der Waals surface area contributed by atoms with Crippen molar-refractivity contribution < 1.29 is 14.7 Å². The number of halogens is 1. The van der Waals surface area contributed by atoms with Crippen LogP contribution in [0.25, 0.3) is 0 Å². The molecule has 2 N–H and O–H groups in total. The summed E-state index contributed by atoms with van der Waals surface area (Å²) in [6.07, 6.45) is 1.62. The highest BCUT2D eigenvalue weighted by Gasteiger charge is 2.21. The van der Waals surface area contributed by atoms with Crippen LogP contribution < -0.4 is 4.90 Å². The molecule has 0 fully saturated rings. The van der Waals surface area contributed by atoms with Crippen LogP contribution in [-0.4, -0.2) is 28.5 Å².